The Balaban J connectivity index is 2.20. The third-order valence-corrected chi connectivity index (χ3v) is 4.05. The van der Waals surface area contributed by atoms with E-state index in [1.165, 1.54) is 0 Å². The molecule has 0 bridgehead atoms. The van der Waals surface area contributed by atoms with Gasteiger partial charge in [-0.05, 0) is 44.9 Å². The van der Waals surface area contributed by atoms with Crippen molar-refractivity contribution in [3.63, 3.8) is 0 Å². The number of halogens is 1. The first-order valence-electron chi connectivity index (χ1n) is 6.96. The minimum Gasteiger partial charge on any atom is -0.389 e. The Morgan fingerprint density at radius 2 is 2.32 bits per heavy atom. The van der Waals surface area contributed by atoms with Crippen molar-refractivity contribution >= 4 is 21.6 Å². The zero-order chi connectivity index (χ0) is 13.8. The molecule has 0 aromatic heterocycles. The second-order valence-electron chi connectivity index (χ2n) is 5.04. The third-order valence-electron chi connectivity index (χ3n) is 3.56. The molecule has 3 nitrogen and oxygen atoms in total. The number of benzene rings is 1. The Morgan fingerprint density at radius 1 is 1.53 bits per heavy atom. The van der Waals surface area contributed by atoms with Crippen LogP contribution in [-0.2, 0) is 4.74 Å². The van der Waals surface area contributed by atoms with E-state index >= 15 is 0 Å². The predicted molar refractivity (Wildman–Crippen MR) is 81.6 cm³/mol. The molecule has 2 rings (SSSR count). The Kier molecular flexibility index (Phi) is 5.25. The van der Waals surface area contributed by atoms with Crippen LogP contribution < -0.4 is 4.90 Å². The molecule has 1 aromatic rings. The molecule has 19 heavy (non-hydrogen) atoms. The van der Waals surface area contributed by atoms with E-state index < -0.39 is 6.10 Å². The lowest BCUT2D eigenvalue weighted by Gasteiger charge is -2.35. The zero-order valence-corrected chi connectivity index (χ0v) is 13.2. The standard InChI is InChI=1S/C15H22BrNO2/c1-3-19-13-5-4-8-17(10-13)15-7-6-12(16)9-14(15)11(2)18/h6-7,9,11,13,18H,3-5,8,10H2,1-2H3. The summed E-state index contributed by atoms with van der Waals surface area (Å²) in [6.07, 6.45) is 2.12. The van der Waals surface area contributed by atoms with Gasteiger partial charge >= 0.3 is 0 Å². The molecule has 0 saturated carbocycles. The summed E-state index contributed by atoms with van der Waals surface area (Å²) >= 11 is 3.47. The molecule has 2 atom stereocenters. The molecule has 0 aliphatic carbocycles. The summed E-state index contributed by atoms with van der Waals surface area (Å²) in [7, 11) is 0. The van der Waals surface area contributed by atoms with Gasteiger partial charge < -0.3 is 14.7 Å². The first kappa shape index (κ1) is 14.8. The minimum absolute atomic E-state index is 0.309. The largest absolute Gasteiger partial charge is 0.389 e. The highest BCUT2D eigenvalue weighted by Crippen LogP contribution is 2.31. The maximum absolute atomic E-state index is 9.95. The topological polar surface area (TPSA) is 32.7 Å². The van der Waals surface area contributed by atoms with Gasteiger partial charge in [-0.25, -0.2) is 0 Å². The molecule has 0 amide bonds. The molecular formula is C15H22BrNO2. The van der Waals surface area contributed by atoms with E-state index in [1.54, 1.807) is 0 Å². The number of rotatable bonds is 4. The van der Waals surface area contributed by atoms with Crippen LogP contribution in [0, 0.1) is 0 Å². The van der Waals surface area contributed by atoms with Crippen LogP contribution in [0.4, 0.5) is 5.69 Å². The molecular weight excluding hydrogens is 306 g/mol. The van der Waals surface area contributed by atoms with Crippen molar-refractivity contribution in [3.05, 3.63) is 28.2 Å². The average Bonchev–Trinajstić information content (AvgIpc) is 2.39. The zero-order valence-electron chi connectivity index (χ0n) is 11.6. The normalized spacial score (nSPS) is 21.5. The lowest BCUT2D eigenvalue weighted by atomic mass is 10.0. The van der Waals surface area contributed by atoms with Gasteiger partial charge in [0, 0.05) is 35.4 Å². The van der Waals surface area contributed by atoms with E-state index in [0.29, 0.717) is 6.10 Å². The van der Waals surface area contributed by atoms with Gasteiger partial charge in [-0.3, -0.25) is 0 Å². The van der Waals surface area contributed by atoms with Gasteiger partial charge in [0.25, 0.3) is 0 Å². The van der Waals surface area contributed by atoms with Crippen LogP contribution in [0.1, 0.15) is 38.4 Å². The fourth-order valence-electron chi connectivity index (χ4n) is 2.68. The molecule has 1 N–H and O–H groups in total. The predicted octanol–water partition coefficient (Wildman–Crippen LogP) is 3.51. The lowest BCUT2D eigenvalue weighted by Crippen LogP contribution is -2.40. The van der Waals surface area contributed by atoms with E-state index in [2.05, 4.69) is 26.9 Å². The first-order valence-corrected chi connectivity index (χ1v) is 7.75. The molecule has 1 aliphatic rings. The van der Waals surface area contributed by atoms with Crippen molar-refractivity contribution < 1.29 is 9.84 Å². The first-order chi connectivity index (χ1) is 9.11. The summed E-state index contributed by atoms with van der Waals surface area (Å²) < 4.78 is 6.75. The van der Waals surface area contributed by atoms with Gasteiger partial charge in [0.05, 0.1) is 12.2 Å². The van der Waals surface area contributed by atoms with Gasteiger partial charge in [-0.2, -0.15) is 0 Å². The summed E-state index contributed by atoms with van der Waals surface area (Å²) in [5.74, 6) is 0. The van der Waals surface area contributed by atoms with Crippen LogP contribution in [0.3, 0.4) is 0 Å². The van der Waals surface area contributed by atoms with Gasteiger partial charge in [0.15, 0.2) is 0 Å². The van der Waals surface area contributed by atoms with Crippen LogP contribution in [0.2, 0.25) is 0 Å². The second kappa shape index (κ2) is 6.73. The maximum Gasteiger partial charge on any atom is 0.0782 e. The van der Waals surface area contributed by atoms with Gasteiger partial charge in [-0.15, -0.1) is 0 Å². The number of piperidine rings is 1. The number of aliphatic hydroxyl groups is 1. The highest BCUT2D eigenvalue weighted by molar-refractivity contribution is 9.10. The molecule has 106 valence electrons. The number of anilines is 1. The van der Waals surface area contributed by atoms with Crippen molar-refractivity contribution in [3.8, 4) is 0 Å². The van der Waals surface area contributed by atoms with Crippen molar-refractivity contribution in [2.24, 2.45) is 0 Å². The summed E-state index contributed by atoms with van der Waals surface area (Å²) in [6.45, 7) is 6.57. The lowest BCUT2D eigenvalue weighted by molar-refractivity contribution is 0.0525. The molecule has 2 unspecified atom stereocenters. The van der Waals surface area contributed by atoms with Crippen molar-refractivity contribution in [1.82, 2.24) is 0 Å². The molecule has 1 saturated heterocycles. The van der Waals surface area contributed by atoms with E-state index in [4.69, 9.17) is 4.74 Å². The fraction of sp³-hybridized carbons (Fsp3) is 0.600. The summed E-state index contributed by atoms with van der Waals surface area (Å²) in [5.41, 5.74) is 2.11. The number of nitrogens with zero attached hydrogens (tertiary/aromatic N) is 1. The van der Waals surface area contributed by atoms with Crippen LogP contribution in [-0.4, -0.2) is 30.9 Å². The van der Waals surface area contributed by atoms with E-state index in [-0.39, 0.29) is 0 Å². The SMILES string of the molecule is CCOC1CCCN(c2ccc(Br)cc2C(C)O)C1. The van der Waals surface area contributed by atoms with E-state index in [1.807, 2.05) is 26.0 Å². The fourth-order valence-corrected chi connectivity index (χ4v) is 3.06. The molecule has 1 fully saturated rings. The summed E-state index contributed by atoms with van der Waals surface area (Å²) in [6, 6.07) is 6.12. The Hall–Kier alpha value is -0.580. The highest BCUT2D eigenvalue weighted by atomic mass is 79.9. The summed E-state index contributed by atoms with van der Waals surface area (Å²) in [4.78, 5) is 2.33. The van der Waals surface area contributed by atoms with Gasteiger partial charge in [0.1, 0.15) is 0 Å². The number of hydrogen-bond acceptors (Lipinski definition) is 3. The van der Waals surface area contributed by atoms with Crippen molar-refractivity contribution in [2.45, 2.75) is 38.9 Å². The molecule has 4 heteroatoms. The molecule has 1 heterocycles. The molecule has 0 spiro atoms. The molecule has 1 aliphatic heterocycles. The Labute approximate surface area is 123 Å². The number of hydrogen-bond donors (Lipinski definition) is 1. The third kappa shape index (κ3) is 3.71. The Bertz CT molecular complexity index is 421. The second-order valence-corrected chi connectivity index (χ2v) is 5.96. The van der Waals surface area contributed by atoms with Crippen LogP contribution in [0.25, 0.3) is 0 Å². The highest BCUT2D eigenvalue weighted by Gasteiger charge is 2.23. The molecule has 1 aromatic carbocycles. The average molecular weight is 328 g/mol. The quantitative estimate of drug-likeness (QED) is 0.918. The van der Waals surface area contributed by atoms with Crippen LogP contribution >= 0.6 is 15.9 Å². The summed E-state index contributed by atoms with van der Waals surface area (Å²) in [5, 5.41) is 9.95. The smallest absolute Gasteiger partial charge is 0.0782 e. The molecule has 0 radical (unpaired) electrons. The Morgan fingerprint density at radius 3 is 3.00 bits per heavy atom. The van der Waals surface area contributed by atoms with Crippen LogP contribution in [0.15, 0.2) is 22.7 Å². The van der Waals surface area contributed by atoms with Crippen molar-refractivity contribution in [2.75, 3.05) is 24.6 Å². The number of ether oxygens (including phenoxy) is 1. The van der Waals surface area contributed by atoms with Gasteiger partial charge in [-0.1, -0.05) is 15.9 Å². The van der Waals surface area contributed by atoms with Gasteiger partial charge in [0.2, 0.25) is 0 Å². The minimum atomic E-state index is -0.458. The van der Waals surface area contributed by atoms with Crippen LogP contribution in [0.5, 0.6) is 0 Å². The van der Waals surface area contributed by atoms with Crippen molar-refractivity contribution in [1.29, 1.82) is 0 Å². The monoisotopic (exact) mass is 327 g/mol. The maximum atomic E-state index is 9.95. The van der Waals surface area contributed by atoms with E-state index in [9.17, 15) is 5.11 Å². The van der Waals surface area contributed by atoms with E-state index in [0.717, 1.165) is 48.3 Å². The number of aliphatic hydroxyl groups excluding tert-OH is 1.